The van der Waals surface area contributed by atoms with Crippen LogP contribution in [0.1, 0.15) is 69.3 Å². The standard InChI is InChI=1S/C21H33NO3/c1-16(2)14-25-15-18-9-11-19(12-10-18)21(24)22-13-7-5-6-8-20(23)17(3)4/h9-12,16-17H,5-8,13-15H2,1-4H3,(H,22,24). The number of hydrogen-bond donors (Lipinski definition) is 1. The first kappa shape index (κ1) is 21.4. The summed E-state index contributed by atoms with van der Waals surface area (Å²) < 4.78 is 5.59. The van der Waals surface area contributed by atoms with Crippen molar-refractivity contribution in [1.82, 2.24) is 5.32 Å². The summed E-state index contributed by atoms with van der Waals surface area (Å²) in [4.78, 5) is 23.6. The van der Waals surface area contributed by atoms with E-state index in [-0.39, 0.29) is 11.8 Å². The number of ether oxygens (including phenoxy) is 1. The highest BCUT2D eigenvalue weighted by Gasteiger charge is 2.07. The fourth-order valence-electron chi connectivity index (χ4n) is 2.36. The Labute approximate surface area is 152 Å². The molecule has 0 atom stereocenters. The molecule has 1 amide bonds. The van der Waals surface area contributed by atoms with Crippen LogP contribution in [0.2, 0.25) is 0 Å². The lowest BCUT2D eigenvalue weighted by Crippen LogP contribution is -2.24. The summed E-state index contributed by atoms with van der Waals surface area (Å²) >= 11 is 0. The number of benzene rings is 1. The van der Waals surface area contributed by atoms with Crippen molar-refractivity contribution in [1.29, 1.82) is 0 Å². The Morgan fingerprint density at radius 3 is 2.28 bits per heavy atom. The molecule has 140 valence electrons. The van der Waals surface area contributed by atoms with Crippen molar-refractivity contribution in [2.24, 2.45) is 11.8 Å². The van der Waals surface area contributed by atoms with Gasteiger partial charge < -0.3 is 10.1 Å². The van der Waals surface area contributed by atoms with Gasteiger partial charge in [0.05, 0.1) is 6.61 Å². The molecule has 4 heteroatoms. The molecular formula is C21H33NO3. The minimum atomic E-state index is -0.0482. The zero-order chi connectivity index (χ0) is 18.7. The molecule has 0 spiro atoms. The first-order chi connectivity index (χ1) is 11.9. The minimum Gasteiger partial charge on any atom is -0.377 e. The Morgan fingerprint density at radius 1 is 1.00 bits per heavy atom. The van der Waals surface area contributed by atoms with E-state index in [2.05, 4.69) is 19.2 Å². The zero-order valence-electron chi connectivity index (χ0n) is 16.1. The number of ketones is 1. The van der Waals surface area contributed by atoms with Crippen LogP contribution in [0.3, 0.4) is 0 Å². The smallest absolute Gasteiger partial charge is 0.251 e. The summed E-state index contributed by atoms with van der Waals surface area (Å²) in [5.41, 5.74) is 1.75. The summed E-state index contributed by atoms with van der Waals surface area (Å²) in [5.74, 6) is 0.918. The number of Topliss-reactive ketones (excluding diaryl/α,β-unsaturated/α-hetero) is 1. The van der Waals surface area contributed by atoms with E-state index < -0.39 is 0 Å². The van der Waals surface area contributed by atoms with E-state index in [1.807, 2.05) is 38.1 Å². The molecule has 0 fully saturated rings. The summed E-state index contributed by atoms with van der Waals surface area (Å²) in [5, 5.41) is 2.93. The first-order valence-electron chi connectivity index (χ1n) is 9.37. The molecule has 1 aromatic carbocycles. The van der Waals surface area contributed by atoms with E-state index in [1.54, 1.807) is 0 Å². The third kappa shape index (κ3) is 9.40. The number of amides is 1. The predicted octanol–water partition coefficient (Wildman–Crippen LogP) is 4.37. The molecule has 1 N–H and O–H groups in total. The number of rotatable bonds is 12. The van der Waals surface area contributed by atoms with Gasteiger partial charge in [0.25, 0.3) is 5.91 Å². The summed E-state index contributed by atoms with van der Waals surface area (Å²) in [6.45, 7) is 10.1. The Kier molecular flexibility index (Phi) is 10.1. The van der Waals surface area contributed by atoms with E-state index >= 15 is 0 Å². The Bertz CT molecular complexity index is 520. The molecule has 0 saturated carbocycles. The summed E-state index contributed by atoms with van der Waals surface area (Å²) in [6.07, 6.45) is 3.41. The first-order valence-corrected chi connectivity index (χ1v) is 9.37. The lowest BCUT2D eigenvalue weighted by atomic mass is 10.0. The van der Waals surface area contributed by atoms with E-state index in [0.717, 1.165) is 31.4 Å². The van der Waals surface area contributed by atoms with E-state index in [4.69, 9.17) is 4.74 Å². The van der Waals surface area contributed by atoms with Crippen LogP contribution in [-0.4, -0.2) is 24.8 Å². The second-order valence-corrected chi connectivity index (χ2v) is 7.29. The summed E-state index contributed by atoms with van der Waals surface area (Å²) in [6, 6.07) is 7.55. The zero-order valence-corrected chi connectivity index (χ0v) is 16.1. The molecule has 1 aromatic rings. The van der Waals surface area contributed by atoms with Crippen LogP contribution in [0.25, 0.3) is 0 Å². The van der Waals surface area contributed by atoms with Crippen molar-refractivity contribution in [2.75, 3.05) is 13.2 Å². The molecule has 4 nitrogen and oxygen atoms in total. The highest BCUT2D eigenvalue weighted by Crippen LogP contribution is 2.08. The highest BCUT2D eigenvalue weighted by molar-refractivity contribution is 5.94. The average molecular weight is 347 g/mol. The van der Waals surface area contributed by atoms with Gasteiger partial charge in [0.1, 0.15) is 5.78 Å². The van der Waals surface area contributed by atoms with Gasteiger partial charge in [-0.3, -0.25) is 9.59 Å². The predicted molar refractivity (Wildman–Crippen MR) is 102 cm³/mol. The second kappa shape index (κ2) is 11.8. The molecule has 0 aliphatic heterocycles. The van der Waals surface area contributed by atoms with Gasteiger partial charge in [0.15, 0.2) is 0 Å². The van der Waals surface area contributed by atoms with Crippen molar-refractivity contribution in [3.05, 3.63) is 35.4 Å². The van der Waals surface area contributed by atoms with Crippen molar-refractivity contribution in [2.45, 2.75) is 60.0 Å². The Morgan fingerprint density at radius 2 is 1.68 bits per heavy atom. The van der Waals surface area contributed by atoms with Gasteiger partial charge in [-0.05, 0) is 36.5 Å². The second-order valence-electron chi connectivity index (χ2n) is 7.29. The number of carbonyl (C=O) groups excluding carboxylic acids is 2. The molecule has 0 radical (unpaired) electrons. The van der Waals surface area contributed by atoms with Gasteiger partial charge in [0.2, 0.25) is 0 Å². The third-order valence-electron chi connectivity index (χ3n) is 3.97. The maximum absolute atomic E-state index is 12.1. The van der Waals surface area contributed by atoms with Gasteiger partial charge in [0, 0.05) is 31.1 Å². The van der Waals surface area contributed by atoms with Crippen LogP contribution >= 0.6 is 0 Å². The maximum atomic E-state index is 12.1. The molecule has 1 rings (SSSR count). The number of nitrogens with one attached hydrogen (secondary N) is 1. The van der Waals surface area contributed by atoms with Crippen LogP contribution in [0.5, 0.6) is 0 Å². The highest BCUT2D eigenvalue weighted by atomic mass is 16.5. The molecule has 0 heterocycles. The fraction of sp³-hybridized carbons (Fsp3) is 0.619. The fourth-order valence-corrected chi connectivity index (χ4v) is 2.36. The molecular weight excluding hydrogens is 314 g/mol. The Balaban J connectivity index is 2.21. The SMILES string of the molecule is CC(C)COCc1ccc(C(=O)NCCCCCC(=O)C(C)C)cc1. The van der Waals surface area contributed by atoms with Gasteiger partial charge in [-0.1, -0.05) is 46.2 Å². The minimum absolute atomic E-state index is 0.0482. The van der Waals surface area contributed by atoms with Gasteiger partial charge in [-0.25, -0.2) is 0 Å². The largest absolute Gasteiger partial charge is 0.377 e. The van der Waals surface area contributed by atoms with E-state index in [0.29, 0.717) is 36.8 Å². The van der Waals surface area contributed by atoms with Gasteiger partial charge in [-0.2, -0.15) is 0 Å². The van der Waals surface area contributed by atoms with Crippen LogP contribution in [-0.2, 0) is 16.1 Å². The lowest BCUT2D eigenvalue weighted by Gasteiger charge is -2.08. The van der Waals surface area contributed by atoms with Gasteiger partial charge >= 0.3 is 0 Å². The van der Waals surface area contributed by atoms with Crippen LogP contribution < -0.4 is 5.32 Å². The number of hydrogen-bond acceptors (Lipinski definition) is 3. The van der Waals surface area contributed by atoms with Crippen molar-refractivity contribution in [3.63, 3.8) is 0 Å². The number of carbonyl (C=O) groups is 2. The maximum Gasteiger partial charge on any atom is 0.251 e. The molecule has 0 unspecified atom stereocenters. The van der Waals surface area contributed by atoms with Crippen molar-refractivity contribution >= 4 is 11.7 Å². The third-order valence-corrected chi connectivity index (χ3v) is 3.97. The molecule has 0 aliphatic rings. The Hall–Kier alpha value is -1.68. The lowest BCUT2D eigenvalue weighted by molar-refractivity contribution is -0.122. The van der Waals surface area contributed by atoms with Gasteiger partial charge in [-0.15, -0.1) is 0 Å². The van der Waals surface area contributed by atoms with Crippen LogP contribution in [0.15, 0.2) is 24.3 Å². The number of unbranched alkanes of at least 4 members (excludes halogenated alkanes) is 2. The normalized spacial score (nSPS) is 11.1. The molecule has 0 aliphatic carbocycles. The molecule has 0 bridgehead atoms. The van der Waals surface area contributed by atoms with E-state index in [9.17, 15) is 9.59 Å². The van der Waals surface area contributed by atoms with Crippen LogP contribution in [0.4, 0.5) is 0 Å². The molecule has 0 aromatic heterocycles. The molecule has 0 saturated heterocycles. The van der Waals surface area contributed by atoms with Crippen molar-refractivity contribution in [3.8, 4) is 0 Å². The summed E-state index contributed by atoms with van der Waals surface area (Å²) in [7, 11) is 0. The van der Waals surface area contributed by atoms with Crippen molar-refractivity contribution < 1.29 is 14.3 Å². The quantitative estimate of drug-likeness (QED) is 0.571. The molecule has 25 heavy (non-hydrogen) atoms. The van der Waals surface area contributed by atoms with Crippen LogP contribution in [0, 0.1) is 11.8 Å². The topological polar surface area (TPSA) is 55.4 Å². The van der Waals surface area contributed by atoms with E-state index in [1.165, 1.54) is 0 Å². The monoisotopic (exact) mass is 347 g/mol. The average Bonchev–Trinajstić information content (AvgIpc) is 2.57.